The van der Waals surface area contributed by atoms with E-state index < -0.39 is 17.5 Å². The quantitative estimate of drug-likeness (QED) is 0.574. The van der Waals surface area contributed by atoms with Gasteiger partial charge in [0.1, 0.15) is 5.54 Å². The number of hydrogen-bond acceptors (Lipinski definition) is 4. The molecule has 0 aromatic heterocycles. The lowest BCUT2D eigenvalue weighted by atomic mass is 9.98. The summed E-state index contributed by atoms with van der Waals surface area (Å²) in [6.45, 7) is 1.36. The van der Waals surface area contributed by atoms with E-state index in [1.54, 1.807) is 0 Å². The van der Waals surface area contributed by atoms with Crippen molar-refractivity contribution in [2.75, 3.05) is 7.11 Å². The molecular formula is C7H13NO4. The molecule has 1 unspecified atom stereocenters. The average Bonchev–Trinajstić information content (AvgIpc) is 2.00. The van der Waals surface area contributed by atoms with Gasteiger partial charge in [-0.05, 0) is 13.3 Å². The first kappa shape index (κ1) is 10.9. The topological polar surface area (TPSA) is 89.6 Å². The molecule has 5 heteroatoms. The molecule has 0 fully saturated rings. The van der Waals surface area contributed by atoms with Crippen LogP contribution in [0.1, 0.15) is 19.8 Å². The van der Waals surface area contributed by atoms with E-state index in [-0.39, 0.29) is 12.8 Å². The summed E-state index contributed by atoms with van der Waals surface area (Å²) in [4.78, 5) is 21.1. The van der Waals surface area contributed by atoms with E-state index in [9.17, 15) is 9.59 Å². The van der Waals surface area contributed by atoms with Crippen LogP contribution in [0.3, 0.4) is 0 Å². The molecule has 0 radical (unpaired) electrons. The Labute approximate surface area is 70.5 Å². The molecule has 0 aliphatic heterocycles. The molecule has 0 aliphatic rings. The highest BCUT2D eigenvalue weighted by molar-refractivity contribution is 5.79. The van der Waals surface area contributed by atoms with Gasteiger partial charge in [-0.1, -0.05) is 0 Å². The molecule has 3 N–H and O–H groups in total. The summed E-state index contributed by atoms with van der Waals surface area (Å²) in [6.07, 6.45) is 0.102. The van der Waals surface area contributed by atoms with Crippen LogP contribution in [0, 0.1) is 0 Å². The molecule has 0 rings (SSSR count). The van der Waals surface area contributed by atoms with Crippen LogP contribution in [-0.4, -0.2) is 29.7 Å². The van der Waals surface area contributed by atoms with Crippen molar-refractivity contribution in [3.63, 3.8) is 0 Å². The zero-order valence-electron chi connectivity index (χ0n) is 7.16. The summed E-state index contributed by atoms with van der Waals surface area (Å²) < 4.78 is 4.34. The van der Waals surface area contributed by atoms with Gasteiger partial charge < -0.3 is 15.6 Å². The summed E-state index contributed by atoms with van der Waals surface area (Å²) in [5, 5.41) is 8.55. The molecule has 12 heavy (non-hydrogen) atoms. The Balaban J connectivity index is 3.92. The molecule has 0 aromatic carbocycles. The van der Waals surface area contributed by atoms with E-state index in [2.05, 4.69) is 4.74 Å². The van der Waals surface area contributed by atoms with Crippen molar-refractivity contribution in [2.45, 2.75) is 25.3 Å². The number of ether oxygens (including phenoxy) is 1. The number of nitrogens with two attached hydrogens (primary N) is 1. The number of carboxylic acids is 1. The summed E-state index contributed by atoms with van der Waals surface area (Å²) in [5.41, 5.74) is 4.00. The Morgan fingerprint density at radius 3 is 2.42 bits per heavy atom. The number of carboxylic acid groups (broad SMARTS) is 1. The molecular weight excluding hydrogens is 162 g/mol. The highest BCUT2D eigenvalue weighted by Gasteiger charge is 2.28. The SMILES string of the molecule is COC(=O)CCC(C)(N)C(=O)O. The molecule has 1 atom stereocenters. The fourth-order valence-electron chi connectivity index (χ4n) is 0.571. The van der Waals surface area contributed by atoms with Gasteiger partial charge in [-0.25, -0.2) is 0 Å². The molecule has 0 aliphatic carbocycles. The Morgan fingerprint density at radius 2 is 2.08 bits per heavy atom. The second-order valence-corrected chi connectivity index (χ2v) is 2.80. The van der Waals surface area contributed by atoms with Crippen LogP contribution in [0.5, 0.6) is 0 Å². The average molecular weight is 175 g/mol. The largest absolute Gasteiger partial charge is 0.480 e. The van der Waals surface area contributed by atoms with Crippen LogP contribution in [-0.2, 0) is 14.3 Å². The predicted octanol–water partition coefficient (Wildman–Crippen LogP) is -0.258. The number of methoxy groups -OCH3 is 1. The standard InChI is InChI=1S/C7H13NO4/c1-7(8,6(10)11)4-3-5(9)12-2/h3-4,8H2,1-2H3,(H,10,11). The lowest BCUT2D eigenvalue weighted by Gasteiger charge is -2.17. The van der Waals surface area contributed by atoms with Crippen molar-refractivity contribution in [2.24, 2.45) is 5.73 Å². The zero-order chi connectivity index (χ0) is 9.78. The summed E-state index contributed by atoms with van der Waals surface area (Å²) in [5.74, 6) is -1.57. The monoisotopic (exact) mass is 175 g/mol. The Bertz CT molecular complexity index is 188. The summed E-state index contributed by atoms with van der Waals surface area (Å²) in [7, 11) is 1.25. The minimum absolute atomic E-state index is 0.0236. The molecule has 70 valence electrons. The lowest BCUT2D eigenvalue weighted by Crippen LogP contribution is -2.45. The minimum Gasteiger partial charge on any atom is -0.480 e. The van der Waals surface area contributed by atoms with Crippen LogP contribution < -0.4 is 5.73 Å². The fraction of sp³-hybridized carbons (Fsp3) is 0.714. The smallest absolute Gasteiger partial charge is 0.323 e. The normalized spacial score (nSPS) is 14.9. The maximum absolute atomic E-state index is 10.6. The maximum atomic E-state index is 10.6. The number of hydrogen-bond donors (Lipinski definition) is 2. The van der Waals surface area contributed by atoms with Crippen LogP contribution >= 0.6 is 0 Å². The van der Waals surface area contributed by atoms with Gasteiger partial charge in [0.15, 0.2) is 0 Å². The molecule has 0 spiro atoms. The number of rotatable bonds is 4. The Kier molecular flexibility index (Phi) is 3.69. The fourth-order valence-corrected chi connectivity index (χ4v) is 0.571. The van der Waals surface area contributed by atoms with E-state index in [0.29, 0.717) is 0 Å². The Morgan fingerprint density at radius 1 is 1.58 bits per heavy atom. The van der Waals surface area contributed by atoms with E-state index in [1.165, 1.54) is 14.0 Å². The first-order valence-electron chi connectivity index (χ1n) is 3.49. The van der Waals surface area contributed by atoms with Crippen LogP contribution in [0.15, 0.2) is 0 Å². The third-order valence-electron chi connectivity index (χ3n) is 1.56. The van der Waals surface area contributed by atoms with Crippen molar-refractivity contribution < 1.29 is 19.4 Å². The van der Waals surface area contributed by atoms with Crippen molar-refractivity contribution >= 4 is 11.9 Å². The van der Waals surface area contributed by atoms with Crippen molar-refractivity contribution in [1.29, 1.82) is 0 Å². The van der Waals surface area contributed by atoms with Crippen molar-refractivity contribution in [3.05, 3.63) is 0 Å². The van der Waals surface area contributed by atoms with Gasteiger partial charge >= 0.3 is 11.9 Å². The van der Waals surface area contributed by atoms with Crippen LogP contribution in [0.2, 0.25) is 0 Å². The molecule has 0 saturated heterocycles. The number of carbonyl (C=O) groups is 2. The number of carbonyl (C=O) groups excluding carboxylic acids is 1. The molecule has 0 bridgehead atoms. The van der Waals surface area contributed by atoms with Gasteiger partial charge in [0.05, 0.1) is 7.11 Å². The third-order valence-corrected chi connectivity index (χ3v) is 1.56. The molecule has 0 amide bonds. The van der Waals surface area contributed by atoms with Crippen molar-refractivity contribution in [1.82, 2.24) is 0 Å². The highest BCUT2D eigenvalue weighted by Crippen LogP contribution is 2.09. The predicted molar refractivity (Wildman–Crippen MR) is 41.5 cm³/mol. The van der Waals surface area contributed by atoms with E-state index in [4.69, 9.17) is 10.8 Å². The second kappa shape index (κ2) is 4.06. The van der Waals surface area contributed by atoms with E-state index >= 15 is 0 Å². The van der Waals surface area contributed by atoms with Crippen molar-refractivity contribution in [3.8, 4) is 0 Å². The van der Waals surface area contributed by atoms with Gasteiger partial charge in [-0.2, -0.15) is 0 Å². The maximum Gasteiger partial charge on any atom is 0.323 e. The summed E-state index contributed by atoms with van der Waals surface area (Å²) in [6, 6.07) is 0. The second-order valence-electron chi connectivity index (χ2n) is 2.80. The first-order valence-corrected chi connectivity index (χ1v) is 3.49. The summed E-state index contributed by atoms with van der Waals surface area (Å²) >= 11 is 0. The zero-order valence-corrected chi connectivity index (χ0v) is 7.16. The molecule has 0 saturated carbocycles. The Hall–Kier alpha value is -1.10. The van der Waals surface area contributed by atoms with Crippen LogP contribution in [0.4, 0.5) is 0 Å². The number of esters is 1. The molecule has 0 heterocycles. The van der Waals surface area contributed by atoms with Gasteiger partial charge in [-0.3, -0.25) is 9.59 Å². The molecule has 5 nitrogen and oxygen atoms in total. The highest BCUT2D eigenvalue weighted by atomic mass is 16.5. The van der Waals surface area contributed by atoms with Gasteiger partial charge in [0.25, 0.3) is 0 Å². The van der Waals surface area contributed by atoms with Gasteiger partial charge in [0, 0.05) is 6.42 Å². The first-order chi connectivity index (χ1) is 5.40. The van der Waals surface area contributed by atoms with Gasteiger partial charge in [-0.15, -0.1) is 0 Å². The van der Waals surface area contributed by atoms with E-state index in [1.807, 2.05) is 0 Å². The van der Waals surface area contributed by atoms with Gasteiger partial charge in [0.2, 0.25) is 0 Å². The van der Waals surface area contributed by atoms with E-state index in [0.717, 1.165) is 0 Å². The molecule has 0 aromatic rings. The third kappa shape index (κ3) is 3.34. The number of aliphatic carboxylic acids is 1. The van der Waals surface area contributed by atoms with Crippen LogP contribution in [0.25, 0.3) is 0 Å². The minimum atomic E-state index is -1.35. The lowest BCUT2D eigenvalue weighted by molar-refractivity contribution is -0.144.